The van der Waals surface area contributed by atoms with Gasteiger partial charge < -0.3 is 0 Å². The Morgan fingerprint density at radius 3 is 2.92 bits per heavy atom. The molecular weight excluding hydrogens is 216 g/mol. The van der Waals surface area contributed by atoms with E-state index in [1.54, 1.807) is 0 Å². The first-order valence-corrected chi connectivity index (χ1v) is 7.25. The van der Waals surface area contributed by atoms with E-state index in [9.17, 15) is 0 Å². The third-order valence-electron chi connectivity index (χ3n) is 2.32. The van der Waals surface area contributed by atoms with Crippen LogP contribution in [0, 0.1) is 6.92 Å². The summed E-state index contributed by atoms with van der Waals surface area (Å²) in [6.07, 6.45) is 2.75. The summed E-state index contributed by atoms with van der Waals surface area (Å²) in [5.41, 5.74) is 0. The first kappa shape index (κ1) is 9.94. The van der Waals surface area contributed by atoms with Crippen molar-refractivity contribution in [2.75, 3.05) is 5.75 Å². The highest BCUT2D eigenvalue weighted by atomic mass is 32.2. The number of thioether (sulfide) groups is 2. The Hall–Kier alpha value is 0.400. The topological polar surface area (TPSA) is 0 Å². The lowest BCUT2D eigenvalue weighted by Gasteiger charge is -2.21. The maximum Gasteiger partial charge on any atom is 0.0630 e. The molecule has 1 fully saturated rings. The molecule has 1 atom stereocenters. The third kappa shape index (κ3) is 2.25. The Bertz CT molecular complexity index is 284. The fourth-order valence-corrected chi connectivity index (χ4v) is 5.25. The molecule has 0 bridgehead atoms. The van der Waals surface area contributed by atoms with Crippen LogP contribution in [0.5, 0.6) is 0 Å². The molecule has 0 aliphatic carbocycles. The molecule has 0 saturated carbocycles. The predicted molar refractivity (Wildman–Crippen MR) is 65.0 cm³/mol. The number of rotatable bonds is 2. The van der Waals surface area contributed by atoms with Crippen LogP contribution < -0.4 is 0 Å². The van der Waals surface area contributed by atoms with Crippen LogP contribution in [0.1, 0.15) is 24.6 Å². The van der Waals surface area contributed by atoms with E-state index < -0.39 is 0 Å². The summed E-state index contributed by atoms with van der Waals surface area (Å²) in [4.78, 5) is 2.96. The SMILES string of the molecule is Cc1sccc1SC1(C)CCCS1. The molecule has 0 radical (unpaired) electrons. The molecule has 2 rings (SSSR count). The van der Waals surface area contributed by atoms with Gasteiger partial charge in [0.25, 0.3) is 0 Å². The quantitative estimate of drug-likeness (QED) is 0.739. The average Bonchev–Trinajstić information content (AvgIpc) is 2.64. The van der Waals surface area contributed by atoms with Crippen LogP contribution >= 0.6 is 34.9 Å². The van der Waals surface area contributed by atoms with Gasteiger partial charge in [-0.1, -0.05) is 0 Å². The summed E-state index contributed by atoms with van der Waals surface area (Å²) in [6, 6.07) is 2.26. The van der Waals surface area contributed by atoms with Crippen molar-refractivity contribution >= 4 is 34.9 Å². The fraction of sp³-hybridized carbons (Fsp3) is 0.600. The molecule has 0 nitrogen and oxygen atoms in total. The van der Waals surface area contributed by atoms with Crippen LogP contribution in [0.25, 0.3) is 0 Å². The highest BCUT2D eigenvalue weighted by Crippen LogP contribution is 2.50. The standard InChI is InChI=1S/C10H14S3/c1-8-9(4-7-11-8)13-10(2)5-3-6-12-10/h4,7H,3,5-6H2,1-2H3. The zero-order chi connectivity index (χ0) is 9.31. The monoisotopic (exact) mass is 230 g/mol. The number of aryl methyl sites for hydroxylation is 1. The maximum atomic E-state index is 2.38. The molecule has 2 heterocycles. The molecule has 1 unspecified atom stereocenters. The van der Waals surface area contributed by atoms with Crippen LogP contribution in [0.4, 0.5) is 0 Å². The Kier molecular flexibility index (Phi) is 2.96. The smallest absolute Gasteiger partial charge is 0.0630 e. The van der Waals surface area contributed by atoms with Gasteiger partial charge in [-0.05, 0) is 43.9 Å². The lowest BCUT2D eigenvalue weighted by molar-refractivity contribution is 0.794. The number of hydrogen-bond acceptors (Lipinski definition) is 3. The highest BCUT2D eigenvalue weighted by molar-refractivity contribution is 8.18. The molecule has 13 heavy (non-hydrogen) atoms. The lowest BCUT2D eigenvalue weighted by atomic mass is 10.3. The third-order valence-corrected chi connectivity index (χ3v) is 6.50. The van der Waals surface area contributed by atoms with Gasteiger partial charge in [-0.25, -0.2) is 0 Å². The molecule has 3 heteroatoms. The minimum atomic E-state index is 0.450. The van der Waals surface area contributed by atoms with Gasteiger partial charge in [-0.15, -0.1) is 34.9 Å². The van der Waals surface area contributed by atoms with Crippen molar-refractivity contribution in [3.05, 3.63) is 16.3 Å². The lowest BCUT2D eigenvalue weighted by Crippen LogP contribution is -2.08. The van der Waals surface area contributed by atoms with Crippen molar-refractivity contribution in [2.24, 2.45) is 0 Å². The molecule has 1 aliphatic heterocycles. The van der Waals surface area contributed by atoms with Gasteiger partial charge in [0.15, 0.2) is 0 Å². The largest absolute Gasteiger partial charge is 0.148 e. The van der Waals surface area contributed by atoms with Gasteiger partial charge in [0.2, 0.25) is 0 Å². The van der Waals surface area contributed by atoms with E-state index in [1.807, 2.05) is 11.3 Å². The molecule has 1 aromatic rings. The Morgan fingerprint density at radius 1 is 1.54 bits per heavy atom. The van der Waals surface area contributed by atoms with Gasteiger partial charge in [0.05, 0.1) is 4.08 Å². The van der Waals surface area contributed by atoms with Gasteiger partial charge in [0, 0.05) is 9.77 Å². The minimum absolute atomic E-state index is 0.450. The molecule has 0 N–H and O–H groups in total. The average molecular weight is 230 g/mol. The van der Waals surface area contributed by atoms with E-state index in [1.165, 1.54) is 28.4 Å². The Balaban J connectivity index is 2.09. The summed E-state index contributed by atoms with van der Waals surface area (Å²) in [5.74, 6) is 1.34. The molecule has 1 aliphatic rings. The van der Waals surface area contributed by atoms with Crippen molar-refractivity contribution in [3.8, 4) is 0 Å². The van der Waals surface area contributed by atoms with Crippen molar-refractivity contribution in [3.63, 3.8) is 0 Å². The van der Waals surface area contributed by atoms with Crippen LogP contribution in [-0.2, 0) is 0 Å². The summed E-state index contributed by atoms with van der Waals surface area (Å²) in [6.45, 7) is 4.60. The second-order valence-electron chi connectivity index (χ2n) is 3.53. The van der Waals surface area contributed by atoms with Crippen molar-refractivity contribution in [1.29, 1.82) is 0 Å². The van der Waals surface area contributed by atoms with Crippen LogP contribution in [0.2, 0.25) is 0 Å². The predicted octanol–water partition coefficient (Wildman–Crippen LogP) is 4.39. The second-order valence-corrected chi connectivity index (χ2v) is 8.05. The van der Waals surface area contributed by atoms with Crippen molar-refractivity contribution in [1.82, 2.24) is 0 Å². The van der Waals surface area contributed by atoms with Crippen LogP contribution in [0.3, 0.4) is 0 Å². The minimum Gasteiger partial charge on any atom is -0.148 e. The van der Waals surface area contributed by atoms with E-state index in [2.05, 4.69) is 48.8 Å². The van der Waals surface area contributed by atoms with Crippen molar-refractivity contribution < 1.29 is 0 Å². The summed E-state index contributed by atoms with van der Waals surface area (Å²) >= 11 is 6.04. The zero-order valence-corrected chi connectivity index (χ0v) is 10.5. The Morgan fingerprint density at radius 2 is 2.38 bits per heavy atom. The van der Waals surface area contributed by atoms with E-state index in [0.29, 0.717) is 4.08 Å². The van der Waals surface area contributed by atoms with Crippen LogP contribution in [-0.4, -0.2) is 9.83 Å². The summed E-state index contributed by atoms with van der Waals surface area (Å²) in [7, 11) is 0. The molecule has 1 aromatic heterocycles. The van der Waals surface area contributed by atoms with Gasteiger partial charge in [-0.2, -0.15) is 0 Å². The van der Waals surface area contributed by atoms with Gasteiger partial charge in [-0.3, -0.25) is 0 Å². The highest BCUT2D eigenvalue weighted by Gasteiger charge is 2.31. The molecule has 0 spiro atoms. The van der Waals surface area contributed by atoms with E-state index in [4.69, 9.17) is 0 Å². The van der Waals surface area contributed by atoms with Gasteiger partial charge >= 0.3 is 0 Å². The number of hydrogen-bond donors (Lipinski definition) is 0. The van der Waals surface area contributed by atoms with E-state index in [-0.39, 0.29) is 0 Å². The first-order chi connectivity index (χ1) is 6.20. The molecule has 0 aromatic carbocycles. The van der Waals surface area contributed by atoms with Crippen LogP contribution in [0.15, 0.2) is 16.3 Å². The molecule has 0 amide bonds. The fourth-order valence-electron chi connectivity index (χ4n) is 1.55. The Labute approximate surface area is 92.5 Å². The van der Waals surface area contributed by atoms with E-state index in [0.717, 1.165) is 0 Å². The zero-order valence-electron chi connectivity index (χ0n) is 8.00. The van der Waals surface area contributed by atoms with E-state index >= 15 is 0 Å². The molecular formula is C10H14S3. The normalized spacial score (nSPS) is 28.2. The molecule has 1 saturated heterocycles. The first-order valence-electron chi connectivity index (χ1n) is 4.57. The molecule has 72 valence electrons. The maximum absolute atomic E-state index is 2.38. The summed E-state index contributed by atoms with van der Waals surface area (Å²) in [5, 5.41) is 2.20. The van der Waals surface area contributed by atoms with Gasteiger partial charge in [0.1, 0.15) is 0 Å². The van der Waals surface area contributed by atoms with Crippen molar-refractivity contribution in [2.45, 2.75) is 35.7 Å². The second kappa shape index (κ2) is 3.87. The number of thiophene rings is 1. The summed E-state index contributed by atoms with van der Waals surface area (Å²) < 4.78 is 0.450.